The van der Waals surface area contributed by atoms with Crippen molar-refractivity contribution in [2.45, 2.75) is 110 Å². The van der Waals surface area contributed by atoms with Gasteiger partial charge in [0.2, 0.25) is 0 Å². The molecular weight excluding hydrogens is 408 g/mol. The Balaban J connectivity index is 2.41. The lowest BCUT2D eigenvalue weighted by atomic mass is 10.1. The maximum atomic E-state index is 12.4. The normalized spacial score (nSPS) is 18.8. The Hall–Kier alpha value is -0.986. The average Bonchev–Trinajstić information content (AvgIpc) is 2.90. The SMILES string of the molecule is CC(C)(C)[Si](C)(C)O[C@H]1C=C(C/C=C\CCCOC(=O)[Si](C)(C)C(C)(C)C)C(=O)C1. The molecule has 0 aromatic rings. The molecule has 4 nitrogen and oxygen atoms in total. The summed E-state index contributed by atoms with van der Waals surface area (Å²) in [4.78, 5) is 24.7. The van der Waals surface area contributed by atoms with E-state index >= 15 is 0 Å². The molecule has 0 spiro atoms. The van der Waals surface area contributed by atoms with E-state index in [0.717, 1.165) is 18.4 Å². The second-order valence-electron chi connectivity index (χ2n) is 11.6. The highest BCUT2D eigenvalue weighted by Crippen LogP contribution is 2.39. The van der Waals surface area contributed by atoms with Gasteiger partial charge < -0.3 is 9.16 Å². The molecule has 0 N–H and O–H groups in total. The van der Waals surface area contributed by atoms with Crippen LogP contribution in [-0.4, -0.2) is 40.5 Å². The van der Waals surface area contributed by atoms with E-state index in [9.17, 15) is 9.59 Å². The minimum Gasteiger partial charge on any atom is -0.470 e. The van der Waals surface area contributed by atoms with Gasteiger partial charge in [0.05, 0.1) is 12.7 Å². The van der Waals surface area contributed by atoms with E-state index in [1.807, 2.05) is 12.2 Å². The lowest BCUT2D eigenvalue weighted by Crippen LogP contribution is -2.46. The molecular formula is C24H44O4Si2. The Morgan fingerprint density at radius 2 is 1.67 bits per heavy atom. The number of rotatable bonds is 9. The summed E-state index contributed by atoms with van der Waals surface area (Å²) in [6.07, 6.45) is 8.85. The molecule has 1 aliphatic carbocycles. The molecule has 6 heteroatoms. The lowest BCUT2D eigenvalue weighted by molar-refractivity contribution is -0.115. The van der Waals surface area contributed by atoms with E-state index < -0.39 is 16.4 Å². The number of unbranched alkanes of at least 4 members (excludes halogenated alkanes) is 1. The van der Waals surface area contributed by atoms with Gasteiger partial charge in [-0.2, -0.15) is 0 Å². The number of Topliss-reactive ketones (excluding diaryl/α,β-unsaturated/α-hetero) is 1. The van der Waals surface area contributed by atoms with Gasteiger partial charge >= 0.3 is 0 Å². The highest BCUT2D eigenvalue weighted by Gasteiger charge is 2.44. The Morgan fingerprint density at radius 3 is 2.20 bits per heavy atom. The molecule has 1 rings (SSSR count). The summed E-state index contributed by atoms with van der Waals surface area (Å²) in [7, 11) is -3.95. The first kappa shape index (κ1) is 27.0. The van der Waals surface area contributed by atoms with Crippen molar-refractivity contribution in [3.63, 3.8) is 0 Å². The summed E-state index contributed by atoms with van der Waals surface area (Å²) >= 11 is 0. The molecule has 0 heterocycles. The van der Waals surface area contributed by atoms with Crippen LogP contribution in [0.2, 0.25) is 36.3 Å². The Morgan fingerprint density at radius 1 is 1.07 bits per heavy atom. The largest absolute Gasteiger partial charge is 0.470 e. The van der Waals surface area contributed by atoms with E-state index in [1.54, 1.807) is 0 Å². The summed E-state index contributed by atoms with van der Waals surface area (Å²) in [5.41, 5.74) is 0.854. The summed E-state index contributed by atoms with van der Waals surface area (Å²) in [5.74, 6) is 0.201. The Kier molecular flexibility index (Phi) is 9.10. The van der Waals surface area contributed by atoms with Crippen LogP contribution in [0.25, 0.3) is 0 Å². The number of ketones is 1. The second kappa shape index (κ2) is 10.1. The number of allylic oxidation sites excluding steroid dienone is 3. The number of carbonyl (C=O) groups excluding carboxylic acids is 2. The molecule has 0 unspecified atom stereocenters. The van der Waals surface area contributed by atoms with Crippen LogP contribution in [0.5, 0.6) is 0 Å². The van der Waals surface area contributed by atoms with E-state index in [-0.39, 0.29) is 27.6 Å². The van der Waals surface area contributed by atoms with Crippen LogP contribution in [0, 0.1) is 0 Å². The molecule has 0 radical (unpaired) electrons. The monoisotopic (exact) mass is 452 g/mol. The quantitative estimate of drug-likeness (QED) is 0.210. The molecule has 172 valence electrons. The van der Waals surface area contributed by atoms with Crippen LogP contribution in [0.3, 0.4) is 0 Å². The van der Waals surface area contributed by atoms with Gasteiger partial charge in [-0.15, -0.1) is 0 Å². The summed E-state index contributed by atoms with van der Waals surface area (Å²) < 4.78 is 11.9. The molecule has 0 aliphatic heterocycles. The van der Waals surface area contributed by atoms with Crippen molar-refractivity contribution in [2.24, 2.45) is 0 Å². The highest BCUT2D eigenvalue weighted by atomic mass is 28.4. The van der Waals surface area contributed by atoms with Gasteiger partial charge in [-0.25, -0.2) is 0 Å². The second-order valence-corrected chi connectivity index (χ2v) is 21.5. The molecule has 0 aromatic carbocycles. The molecule has 0 saturated heterocycles. The first-order valence-corrected chi connectivity index (χ1v) is 17.1. The predicted molar refractivity (Wildman–Crippen MR) is 131 cm³/mol. The van der Waals surface area contributed by atoms with Crippen LogP contribution >= 0.6 is 0 Å². The fourth-order valence-electron chi connectivity index (χ4n) is 2.68. The summed E-state index contributed by atoms with van der Waals surface area (Å²) in [6.45, 7) is 22.0. The van der Waals surface area contributed by atoms with E-state index in [2.05, 4.69) is 73.8 Å². The molecule has 0 bridgehead atoms. The van der Waals surface area contributed by atoms with Gasteiger partial charge in [0.1, 0.15) is 0 Å². The number of ether oxygens (including phenoxy) is 1. The third kappa shape index (κ3) is 7.31. The van der Waals surface area contributed by atoms with Crippen LogP contribution in [0.4, 0.5) is 4.79 Å². The van der Waals surface area contributed by atoms with Crippen LogP contribution in [0.15, 0.2) is 23.8 Å². The zero-order valence-corrected chi connectivity index (χ0v) is 23.0. The van der Waals surface area contributed by atoms with Crippen LogP contribution < -0.4 is 0 Å². The minimum absolute atomic E-state index is 0.00230. The minimum atomic E-state index is -2.08. The van der Waals surface area contributed by atoms with Gasteiger partial charge in [0.25, 0.3) is 5.59 Å². The Bertz CT molecular complexity index is 676. The maximum absolute atomic E-state index is 12.4. The van der Waals surface area contributed by atoms with Gasteiger partial charge in [-0.3, -0.25) is 9.59 Å². The van der Waals surface area contributed by atoms with Crippen molar-refractivity contribution in [3.8, 4) is 0 Å². The van der Waals surface area contributed by atoms with E-state index in [0.29, 0.717) is 19.4 Å². The van der Waals surface area contributed by atoms with Crippen LogP contribution in [-0.2, 0) is 14.0 Å². The number of hydrogen-bond donors (Lipinski definition) is 0. The van der Waals surface area contributed by atoms with Crippen molar-refractivity contribution >= 4 is 27.8 Å². The van der Waals surface area contributed by atoms with Crippen molar-refractivity contribution in [1.82, 2.24) is 0 Å². The lowest BCUT2D eigenvalue weighted by Gasteiger charge is -2.37. The zero-order chi connectivity index (χ0) is 23.4. The third-order valence-corrected chi connectivity index (χ3v) is 16.4. The van der Waals surface area contributed by atoms with Crippen molar-refractivity contribution < 1.29 is 18.8 Å². The zero-order valence-electron chi connectivity index (χ0n) is 21.0. The first-order chi connectivity index (χ1) is 13.5. The average molecular weight is 453 g/mol. The van der Waals surface area contributed by atoms with Crippen LogP contribution in [0.1, 0.15) is 67.2 Å². The summed E-state index contributed by atoms with van der Waals surface area (Å²) in [6, 6.07) is 0. The smallest absolute Gasteiger partial charge is 0.271 e. The molecule has 0 amide bonds. The standard InChI is InChI=1S/C24H44O4Si2/c1-23(2,3)29(7,8)22(26)27-16-14-12-11-13-15-19-17-20(18-21(19)25)28-30(9,10)24(4,5)6/h11,13,17,20H,12,14-16,18H2,1-10H3/b13-11-/t20-/m0/s1. The first-order valence-electron chi connectivity index (χ1n) is 11.2. The van der Waals surface area contributed by atoms with E-state index in [4.69, 9.17) is 9.16 Å². The number of hydrogen-bond acceptors (Lipinski definition) is 4. The molecule has 0 aromatic heterocycles. The van der Waals surface area contributed by atoms with E-state index in [1.165, 1.54) is 0 Å². The van der Waals surface area contributed by atoms with Gasteiger partial charge in [0.15, 0.2) is 22.2 Å². The fraction of sp³-hybridized carbons (Fsp3) is 0.750. The molecule has 30 heavy (non-hydrogen) atoms. The molecule has 0 saturated carbocycles. The maximum Gasteiger partial charge on any atom is 0.271 e. The fourth-order valence-corrected chi connectivity index (χ4v) is 5.02. The molecule has 1 atom stereocenters. The van der Waals surface area contributed by atoms with Crippen molar-refractivity contribution in [3.05, 3.63) is 23.8 Å². The van der Waals surface area contributed by atoms with Gasteiger partial charge in [0, 0.05) is 6.42 Å². The third-order valence-electron chi connectivity index (χ3n) is 7.02. The summed E-state index contributed by atoms with van der Waals surface area (Å²) in [5, 5.41) is 0.137. The predicted octanol–water partition coefficient (Wildman–Crippen LogP) is 7.23. The highest BCUT2D eigenvalue weighted by molar-refractivity contribution is 7.05. The number of carbonyl (C=O) groups is 2. The molecule has 0 fully saturated rings. The van der Waals surface area contributed by atoms with Crippen molar-refractivity contribution in [1.29, 1.82) is 0 Å². The van der Waals surface area contributed by atoms with Crippen molar-refractivity contribution in [2.75, 3.05) is 6.61 Å². The van der Waals surface area contributed by atoms with Gasteiger partial charge in [-0.05, 0) is 54.1 Å². The topological polar surface area (TPSA) is 52.6 Å². The van der Waals surface area contributed by atoms with Gasteiger partial charge in [-0.1, -0.05) is 66.8 Å². The molecule has 1 aliphatic rings. The Labute approximate surface area is 186 Å².